The molecular formula is C18H23N3O3. The molecule has 1 amide bonds. The first-order valence-electron chi connectivity index (χ1n) is 8.31. The van der Waals surface area contributed by atoms with E-state index in [1.54, 1.807) is 7.11 Å². The highest BCUT2D eigenvalue weighted by molar-refractivity contribution is 5.77. The molecule has 3 rings (SSSR count). The molecule has 1 saturated heterocycles. The van der Waals surface area contributed by atoms with Crippen molar-refractivity contribution in [3.05, 3.63) is 41.5 Å². The Bertz CT molecular complexity index is 711. The van der Waals surface area contributed by atoms with Crippen LogP contribution in [-0.2, 0) is 11.3 Å². The second kappa shape index (κ2) is 7.03. The molecule has 1 aromatic heterocycles. The molecule has 0 bridgehead atoms. The first kappa shape index (κ1) is 16.5. The standard InChI is InChI=1S/C18H23N3O3/c1-12(2)17-19-18(24-20-17)14-7-8-16(22)21(11-14)10-13-5-4-6-15(9-13)23-3/h4-6,9,12,14H,7-8,10-11H2,1-3H3/t14-/m0/s1. The van der Waals surface area contributed by atoms with Crippen molar-refractivity contribution in [1.82, 2.24) is 15.0 Å². The molecule has 0 spiro atoms. The lowest BCUT2D eigenvalue weighted by Crippen LogP contribution is -2.38. The molecule has 1 aliphatic heterocycles. The van der Waals surface area contributed by atoms with Crippen molar-refractivity contribution >= 4 is 5.91 Å². The molecule has 2 heterocycles. The molecule has 1 atom stereocenters. The number of likely N-dealkylation sites (tertiary alicyclic amines) is 1. The summed E-state index contributed by atoms with van der Waals surface area (Å²) < 4.78 is 10.7. The number of nitrogens with zero attached hydrogens (tertiary/aromatic N) is 3. The Morgan fingerprint density at radius 3 is 2.96 bits per heavy atom. The number of rotatable bonds is 5. The molecule has 0 aliphatic carbocycles. The molecule has 1 fully saturated rings. The Kier molecular flexibility index (Phi) is 4.83. The molecule has 2 aromatic rings. The SMILES string of the molecule is COc1cccc(CN2C[C@@H](c3nc(C(C)C)no3)CCC2=O)c1. The minimum atomic E-state index is 0.105. The lowest BCUT2D eigenvalue weighted by atomic mass is 9.97. The van der Waals surface area contributed by atoms with Gasteiger partial charge in [-0.05, 0) is 24.1 Å². The number of methoxy groups -OCH3 is 1. The summed E-state index contributed by atoms with van der Waals surface area (Å²) in [5, 5.41) is 4.04. The van der Waals surface area contributed by atoms with Crippen molar-refractivity contribution in [2.75, 3.05) is 13.7 Å². The van der Waals surface area contributed by atoms with Crippen molar-refractivity contribution in [2.24, 2.45) is 0 Å². The van der Waals surface area contributed by atoms with Gasteiger partial charge in [0.1, 0.15) is 5.75 Å². The molecule has 6 nitrogen and oxygen atoms in total. The summed E-state index contributed by atoms with van der Waals surface area (Å²) in [6.45, 7) is 5.25. The first-order chi connectivity index (χ1) is 11.6. The minimum Gasteiger partial charge on any atom is -0.497 e. The Hall–Kier alpha value is -2.37. The van der Waals surface area contributed by atoms with Gasteiger partial charge in [0.25, 0.3) is 0 Å². The predicted octanol–water partition coefficient (Wildman–Crippen LogP) is 3.11. The molecule has 0 unspecified atom stereocenters. The van der Waals surface area contributed by atoms with Crippen LogP contribution >= 0.6 is 0 Å². The maximum absolute atomic E-state index is 12.3. The summed E-state index contributed by atoms with van der Waals surface area (Å²) in [6.07, 6.45) is 1.27. The number of ether oxygens (including phenoxy) is 1. The van der Waals surface area contributed by atoms with Gasteiger partial charge in [-0.2, -0.15) is 4.98 Å². The van der Waals surface area contributed by atoms with E-state index in [-0.39, 0.29) is 17.7 Å². The number of amides is 1. The zero-order chi connectivity index (χ0) is 17.1. The van der Waals surface area contributed by atoms with Crippen LogP contribution in [0.4, 0.5) is 0 Å². The van der Waals surface area contributed by atoms with Gasteiger partial charge in [-0.1, -0.05) is 31.1 Å². The highest BCUT2D eigenvalue weighted by atomic mass is 16.5. The van der Waals surface area contributed by atoms with Crippen LogP contribution in [-0.4, -0.2) is 34.6 Å². The maximum atomic E-state index is 12.3. The quantitative estimate of drug-likeness (QED) is 0.843. The van der Waals surface area contributed by atoms with Gasteiger partial charge in [-0.25, -0.2) is 0 Å². The van der Waals surface area contributed by atoms with Crippen LogP contribution in [0.2, 0.25) is 0 Å². The number of carbonyl (C=O) groups excluding carboxylic acids is 1. The largest absolute Gasteiger partial charge is 0.497 e. The summed E-state index contributed by atoms with van der Waals surface area (Å²) in [5.74, 6) is 2.67. The van der Waals surface area contributed by atoms with Gasteiger partial charge in [0, 0.05) is 25.4 Å². The normalized spacial score (nSPS) is 18.2. The number of hydrogen-bond acceptors (Lipinski definition) is 5. The first-order valence-corrected chi connectivity index (χ1v) is 8.31. The van der Waals surface area contributed by atoms with Crippen LogP contribution in [0.15, 0.2) is 28.8 Å². The van der Waals surface area contributed by atoms with Crippen molar-refractivity contribution < 1.29 is 14.1 Å². The third-order valence-corrected chi connectivity index (χ3v) is 4.33. The van der Waals surface area contributed by atoms with Gasteiger partial charge in [0.2, 0.25) is 11.8 Å². The van der Waals surface area contributed by atoms with E-state index in [9.17, 15) is 4.79 Å². The number of piperidine rings is 1. The van der Waals surface area contributed by atoms with E-state index < -0.39 is 0 Å². The Balaban J connectivity index is 1.71. The molecule has 128 valence electrons. The summed E-state index contributed by atoms with van der Waals surface area (Å²) in [7, 11) is 1.64. The molecule has 1 aromatic carbocycles. The van der Waals surface area contributed by atoms with Crippen LogP contribution in [0.5, 0.6) is 5.75 Å². The number of carbonyl (C=O) groups is 1. The Morgan fingerprint density at radius 1 is 1.42 bits per heavy atom. The van der Waals surface area contributed by atoms with E-state index in [0.29, 0.717) is 25.4 Å². The minimum absolute atomic E-state index is 0.105. The predicted molar refractivity (Wildman–Crippen MR) is 88.8 cm³/mol. The Labute approximate surface area is 141 Å². The van der Waals surface area contributed by atoms with E-state index in [1.165, 1.54) is 0 Å². The molecule has 24 heavy (non-hydrogen) atoms. The number of benzene rings is 1. The summed E-state index contributed by atoms with van der Waals surface area (Å²) in [5.41, 5.74) is 1.05. The summed E-state index contributed by atoms with van der Waals surface area (Å²) in [6, 6.07) is 7.80. The van der Waals surface area contributed by atoms with Crippen LogP contribution in [0, 0.1) is 0 Å². The van der Waals surface area contributed by atoms with Gasteiger partial charge < -0.3 is 14.2 Å². The third kappa shape index (κ3) is 3.58. The van der Waals surface area contributed by atoms with Gasteiger partial charge in [-0.15, -0.1) is 0 Å². The average molecular weight is 329 g/mol. The lowest BCUT2D eigenvalue weighted by molar-refractivity contribution is -0.134. The number of aromatic nitrogens is 2. The Morgan fingerprint density at radius 2 is 2.25 bits per heavy atom. The van der Waals surface area contributed by atoms with Crippen LogP contribution in [0.25, 0.3) is 0 Å². The maximum Gasteiger partial charge on any atom is 0.231 e. The van der Waals surface area contributed by atoms with Gasteiger partial charge >= 0.3 is 0 Å². The monoisotopic (exact) mass is 329 g/mol. The molecule has 0 N–H and O–H groups in total. The fourth-order valence-corrected chi connectivity index (χ4v) is 2.91. The van der Waals surface area contributed by atoms with Gasteiger partial charge in [0.05, 0.1) is 13.0 Å². The van der Waals surface area contributed by atoms with Crippen molar-refractivity contribution in [1.29, 1.82) is 0 Å². The smallest absolute Gasteiger partial charge is 0.231 e. The highest BCUT2D eigenvalue weighted by Gasteiger charge is 2.30. The molecule has 6 heteroatoms. The van der Waals surface area contributed by atoms with Gasteiger partial charge in [0.15, 0.2) is 5.82 Å². The van der Waals surface area contributed by atoms with E-state index in [1.807, 2.05) is 43.0 Å². The van der Waals surface area contributed by atoms with E-state index in [0.717, 1.165) is 23.6 Å². The summed E-state index contributed by atoms with van der Waals surface area (Å²) >= 11 is 0. The fraction of sp³-hybridized carbons (Fsp3) is 0.500. The highest BCUT2D eigenvalue weighted by Crippen LogP contribution is 2.28. The van der Waals surface area contributed by atoms with Crippen molar-refractivity contribution in [3.8, 4) is 5.75 Å². The van der Waals surface area contributed by atoms with E-state index in [4.69, 9.17) is 9.26 Å². The van der Waals surface area contributed by atoms with Crippen LogP contribution in [0.3, 0.4) is 0 Å². The van der Waals surface area contributed by atoms with Crippen LogP contribution < -0.4 is 4.74 Å². The van der Waals surface area contributed by atoms with Crippen molar-refractivity contribution in [2.45, 2.75) is 45.1 Å². The third-order valence-electron chi connectivity index (χ3n) is 4.33. The van der Waals surface area contributed by atoms with Gasteiger partial charge in [-0.3, -0.25) is 4.79 Å². The fourth-order valence-electron chi connectivity index (χ4n) is 2.91. The van der Waals surface area contributed by atoms with E-state index >= 15 is 0 Å². The topological polar surface area (TPSA) is 68.5 Å². The van der Waals surface area contributed by atoms with E-state index in [2.05, 4.69) is 10.1 Å². The molecule has 1 aliphatic rings. The summed E-state index contributed by atoms with van der Waals surface area (Å²) in [4.78, 5) is 18.6. The lowest BCUT2D eigenvalue weighted by Gasteiger charge is -2.31. The van der Waals surface area contributed by atoms with Crippen LogP contribution in [0.1, 0.15) is 55.8 Å². The second-order valence-corrected chi connectivity index (χ2v) is 6.51. The zero-order valence-electron chi connectivity index (χ0n) is 14.4. The second-order valence-electron chi connectivity index (χ2n) is 6.51. The molecule has 0 saturated carbocycles. The number of hydrogen-bond donors (Lipinski definition) is 0. The van der Waals surface area contributed by atoms with Crippen molar-refractivity contribution in [3.63, 3.8) is 0 Å². The average Bonchev–Trinajstić information content (AvgIpc) is 3.07. The molecule has 0 radical (unpaired) electrons. The molecular weight excluding hydrogens is 306 g/mol. The zero-order valence-corrected chi connectivity index (χ0v) is 14.4.